The number of hydrogen-bond acceptors (Lipinski definition) is 2. The first-order chi connectivity index (χ1) is 6.12. The van der Waals surface area contributed by atoms with E-state index in [1.165, 1.54) is 11.1 Å². The van der Waals surface area contributed by atoms with E-state index in [1.807, 2.05) is 12.1 Å². The average Bonchev–Trinajstić information content (AvgIpc) is 2.02. The Bertz CT molecular complexity index is 316. The van der Waals surface area contributed by atoms with E-state index in [2.05, 4.69) is 19.1 Å². The summed E-state index contributed by atoms with van der Waals surface area (Å²) >= 11 is 0. The van der Waals surface area contributed by atoms with E-state index in [-0.39, 0.29) is 11.6 Å². The fraction of sp³-hybridized carbons (Fsp3) is 0.455. The second-order valence-electron chi connectivity index (χ2n) is 4.03. The Hall–Kier alpha value is -0.860. The second-order valence-corrected chi connectivity index (χ2v) is 4.03. The Kier molecular flexibility index (Phi) is 1.90. The van der Waals surface area contributed by atoms with E-state index in [0.717, 1.165) is 0 Å². The number of aryl methyl sites for hydroxylation is 1. The van der Waals surface area contributed by atoms with Crippen LogP contribution in [0.15, 0.2) is 24.3 Å². The van der Waals surface area contributed by atoms with Gasteiger partial charge in [-0.2, -0.15) is 0 Å². The molecule has 0 amide bonds. The monoisotopic (exact) mass is 177 g/mol. The van der Waals surface area contributed by atoms with Crippen molar-refractivity contribution in [3.8, 4) is 0 Å². The molecule has 1 aromatic carbocycles. The smallest absolute Gasteiger partial charge is 0.0582 e. The van der Waals surface area contributed by atoms with Gasteiger partial charge in [-0.15, -0.1) is 0 Å². The van der Waals surface area contributed by atoms with Crippen LogP contribution < -0.4 is 5.73 Å². The number of rotatable bonds is 1. The van der Waals surface area contributed by atoms with Crippen molar-refractivity contribution >= 4 is 0 Å². The van der Waals surface area contributed by atoms with Crippen LogP contribution in [-0.4, -0.2) is 11.2 Å². The lowest BCUT2D eigenvalue weighted by molar-refractivity contribution is 0.0206. The van der Waals surface area contributed by atoms with Crippen molar-refractivity contribution in [2.45, 2.75) is 31.4 Å². The van der Waals surface area contributed by atoms with Gasteiger partial charge in [-0.1, -0.05) is 24.3 Å². The molecule has 70 valence electrons. The molecule has 0 bridgehead atoms. The topological polar surface area (TPSA) is 46.2 Å². The zero-order chi connectivity index (χ0) is 9.47. The Labute approximate surface area is 78.4 Å². The molecule has 0 saturated heterocycles. The number of nitrogens with two attached hydrogens (primary N) is 1. The zero-order valence-electron chi connectivity index (χ0n) is 7.83. The molecule has 0 heterocycles. The summed E-state index contributed by atoms with van der Waals surface area (Å²) in [7, 11) is 0. The molecule has 0 aromatic heterocycles. The van der Waals surface area contributed by atoms with Gasteiger partial charge in [-0.25, -0.2) is 0 Å². The summed E-state index contributed by atoms with van der Waals surface area (Å²) in [5.41, 5.74) is 8.28. The summed E-state index contributed by atoms with van der Waals surface area (Å²) in [4.78, 5) is 0. The highest BCUT2D eigenvalue weighted by Crippen LogP contribution is 2.40. The molecule has 1 fully saturated rings. The highest BCUT2D eigenvalue weighted by atomic mass is 16.3. The number of benzene rings is 1. The van der Waals surface area contributed by atoms with E-state index in [0.29, 0.717) is 12.8 Å². The van der Waals surface area contributed by atoms with Gasteiger partial charge in [-0.3, -0.25) is 0 Å². The highest BCUT2D eigenvalue weighted by Gasteiger charge is 2.41. The Balaban J connectivity index is 2.31. The minimum absolute atomic E-state index is 0.204. The number of aliphatic hydroxyl groups excluding tert-OH is 1. The predicted molar refractivity (Wildman–Crippen MR) is 52.3 cm³/mol. The van der Waals surface area contributed by atoms with Crippen LogP contribution in [0.4, 0.5) is 0 Å². The molecule has 1 aliphatic rings. The number of aliphatic hydroxyl groups is 1. The van der Waals surface area contributed by atoms with Crippen LogP contribution in [0.5, 0.6) is 0 Å². The van der Waals surface area contributed by atoms with Crippen molar-refractivity contribution in [3.05, 3.63) is 35.4 Å². The van der Waals surface area contributed by atoms with Crippen molar-refractivity contribution in [3.63, 3.8) is 0 Å². The average molecular weight is 177 g/mol. The molecule has 1 saturated carbocycles. The third-order valence-corrected chi connectivity index (χ3v) is 2.88. The molecule has 0 atom stereocenters. The van der Waals surface area contributed by atoms with Crippen LogP contribution in [-0.2, 0) is 5.54 Å². The fourth-order valence-electron chi connectivity index (χ4n) is 2.13. The van der Waals surface area contributed by atoms with Gasteiger partial charge in [-0.05, 0) is 30.9 Å². The van der Waals surface area contributed by atoms with Gasteiger partial charge in [0.2, 0.25) is 0 Å². The quantitative estimate of drug-likeness (QED) is 0.679. The molecule has 0 unspecified atom stereocenters. The first-order valence-electron chi connectivity index (χ1n) is 4.65. The van der Waals surface area contributed by atoms with E-state index in [4.69, 9.17) is 5.73 Å². The molecule has 13 heavy (non-hydrogen) atoms. The summed E-state index contributed by atoms with van der Waals surface area (Å²) in [6, 6.07) is 8.13. The maximum Gasteiger partial charge on any atom is 0.0582 e. The molecular weight excluding hydrogens is 162 g/mol. The molecule has 0 spiro atoms. The summed E-state index contributed by atoms with van der Waals surface area (Å²) in [5, 5.41) is 9.26. The Morgan fingerprint density at radius 3 is 2.54 bits per heavy atom. The van der Waals surface area contributed by atoms with Crippen molar-refractivity contribution in [1.29, 1.82) is 0 Å². The van der Waals surface area contributed by atoms with Crippen molar-refractivity contribution in [2.24, 2.45) is 5.73 Å². The van der Waals surface area contributed by atoms with Gasteiger partial charge in [0.05, 0.1) is 6.10 Å². The first-order valence-corrected chi connectivity index (χ1v) is 4.65. The molecule has 2 nitrogen and oxygen atoms in total. The Morgan fingerprint density at radius 2 is 2.00 bits per heavy atom. The molecule has 2 heteroatoms. The van der Waals surface area contributed by atoms with Crippen LogP contribution in [0.2, 0.25) is 0 Å². The van der Waals surface area contributed by atoms with Gasteiger partial charge in [0.25, 0.3) is 0 Å². The Morgan fingerprint density at radius 1 is 1.38 bits per heavy atom. The zero-order valence-corrected chi connectivity index (χ0v) is 7.83. The molecule has 2 rings (SSSR count). The fourth-order valence-corrected chi connectivity index (χ4v) is 2.13. The van der Waals surface area contributed by atoms with Crippen molar-refractivity contribution in [1.82, 2.24) is 0 Å². The summed E-state index contributed by atoms with van der Waals surface area (Å²) in [6.07, 6.45) is 1.18. The summed E-state index contributed by atoms with van der Waals surface area (Å²) in [6.45, 7) is 2.06. The normalized spacial score (nSPS) is 32.7. The third kappa shape index (κ3) is 1.36. The minimum Gasteiger partial charge on any atom is -0.393 e. The van der Waals surface area contributed by atoms with Crippen LogP contribution in [0.25, 0.3) is 0 Å². The van der Waals surface area contributed by atoms with E-state index < -0.39 is 0 Å². The standard InChI is InChI=1S/C11H15NO/c1-8-4-2-3-5-10(8)11(12)6-9(13)7-11/h2-5,9,13H,6-7,12H2,1H3. The van der Waals surface area contributed by atoms with Gasteiger partial charge >= 0.3 is 0 Å². The number of hydrogen-bond donors (Lipinski definition) is 2. The van der Waals surface area contributed by atoms with E-state index in [1.54, 1.807) is 0 Å². The molecule has 1 aliphatic carbocycles. The summed E-state index contributed by atoms with van der Waals surface area (Å²) in [5.74, 6) is 0. The van der Waals surface area contributed by atoms with Gasteiger partial charge < -0.3 is 10.8 Å². The van der Waals surface area contributed by atoms with Crippen LogP contribution in [0.1, 0.15) is 24.0 Å². The SMILES string of the molecule is Cc1ccccc1C1(N)CC(O)C1. The van der Waals surface area contributed by atoms with E-state index in [9.17, 15) is 5.11 Å². The molecule has 3 N–H and O–H groups in total. The second kappa shape index (κ2) is 2.82. The minimum atomic E-state index is -0.273. The molecular formula is C11H15NO. The largest absolute Gasteiger partial charge is 0.393 e. The van der Waals surface area contributed by atoms with Crippen molar-refractivity contribution in [2.75, 3.05) is 0 Å². The van der Waals surface area contributed by atoms with Crippen molar-refractivity contribution < 1.29 is 5.11 Å². The molecule has 0 aliphatic heterocycles. The molecule has 1 aromatic rings. The van der Waals surface area contributed by atoms with Crippen LogP contribution >= 0.6 is 0 Å². The summed E-state index contributed by atoms with van der Waals surface area (Å²) < 4.78 is 0. The molecule has 0 radical (unpaired) electrons. The van der Waals surface area contributed by atoms with E-state index >= 15 is 0 Å². The lowest BCUT2D eigenvalue weighted by Gasteiger charge is -2.43. The van der Waals surface area contributed by atoms with Crippen LogP contribution in [0, 0.1) is 6.92 Å². The van der Waals surface area contributed by atoms with Gasteiger partial charge in [0, 0.05) is 5.54 Å². The maximum atomic E-state index is 9.26. The van der Waals surface area contributed by atoms with Gasteiger partial charge in [0.15, 0.2) is 0 Å². The third-order valence-electron chi connectivity index (χ3n) is 2.88. The maximum absolute atomic E-state index is 9.26. The predicted octanol–water partition coefficient (Wildman–Crippen LogP) is 1.30. The lowest BCUT2D eigenvalue weighted by atomic mass is 9.69. The van der Waals surface area contributed by atoms with Crippen LogP contribution in [0.3, 0.4) is 0 Å². The lowest BCUT2D eigenvalue weighted by Crippen LogP contribution is -2.52. The van der Waals surface area contributed by atoms with Gasteiger partial charge in [0.1, 0.15) is 0 Å². The highest BCUT2D eigenvalue weighted by molar-refractivity contribution is 5.34. The first kappa shape index (κ1) is 8.73.